The maximum atomic E-state index is 13.2. The van der Waals surface area contributed by atoms with Crippen molar-refractivity contribution in [1.82, 2.24) is 19.8 Å². The van der Waals surface area contributed by atoms with Crippen LogP contribution in [0.5, 0.6) is 0 Å². The molecule has 4 N–H and O–H groups in total. The van der Waals surface area contributed by atoms with Gasteiger partial charge < -0.3 is 20.7 Å². The molecule has 0 spiro atoms. The summed E-state index contributed by atoms with van der Waals surface area (Å²) in [5.74, 6) is -0.729. The Kier molecular flexibility index (Phi) is 10.5. The molecule has 34 heavy (non-hydrogen) atoms. The number of amides is 2. The van der Waals surface area contributed by atoms with Crippen molar-refractivity contribution in [2.45, 2.75) is 26.3 Å². The first kappa shape index (κ1) is 26.8. The highest BCUT2D eigenvalue weighted by Gasteiger charge is 2.25. The molecular weight excluding hydrogens is 440 g/mol. The van der Waals surface area contributed by atoms with Gasteiger partial charge in [0.25, 0.3) is 5.56 Å². The fraction of sp³-hybridized carbons (Fsp3) is 0.478. The Morgan fingerprint density at radius 3 is 2.53 bits per heavy atom. The average Bonchev–Trinajstić information content (AvgIpc) is 2.79. The molecule has 0 saturated carbocycles. The number of anilines is 2. The Hall–Kier alpha value is -3.44. The van der Waals surface area contributed by atoms with Crippen LogP contribution in [0.4, 0.5) is 11.5 Å². The molecule has 0 aliphatic rings. The third-order valence-electron chi connectivity index (χ3n) is 5.09. The zero-order valence-corrected chi connectivity index (χ0v) is 20.0. The van der Waals surface area contributed by atoms with Crippen molar-refractivity contribution in [3.63, 3.8) is 0 Å². The first-order chi connectivity index (χ1) is 16.3. The number of hydrogen-bond donors (Lipinski definition) is 3. The summed E-state index contributed by atoms with van der Waals surface area (Å²) in [5.41, 5.74) is 5.58. The van der Waals surface area contributed by atoms with Crippen LogP contribution >= 0.6 is 0 Å². The van der Waals surface area contributed by atoms with Crippen LogP contribution in [0.3, 0.4) is 0 Å². The summed E-state index contributed by atoms with van der Waals surface area (Å²) >= 11 is 0. The largest absolute Gasteiger partial charge is 0.385 e. The van der Waals surface area contributed by atoms with E-state index in [1.165, 1.54) is 16.6 Å². The summed E-state index contributed by atoms with van der Waals surface area (Å²) in [7, 11) is 3.18. The van der Waals surface area contributed by atoms with E-state index in [1.807, 2.05) is 37.3 Å². The lowest BCUT2D eigenvalue weighted by molar-refractivity contribution is -0.123. The van der Waals surface area contributed by atoms with Crippen LogP contribution in [0.2, 0.25) is 0 Å². The second kappa shape index (κ2) is 13.3. The number of carbonyl (C=O) groups excluding carboxylic acids is 2. The Morgan fingerprint density at radius 2 is 1.88 bits per heavy atom. The van der Waals surface area contributed by atoms with E-state index in [4.69, 9.17) is 10.5 Å². The number of nitrogen functional groups attached to an aromatic ring is 1. The summed E-state index contributed by atoms with van der Waals surface area (Å²) in [6.07, 6.45) is 1.25. The van der Waals surface area contributed by atoms with Crippen LogP contribution < -0.4 is 27.2 Å². The first-order valence-electron chi connectivity index (χ1n) is 11.2. The number of rotatable bonds is 13. The summed E-state index contributed by atoms with van der Waals surface area (Å²) in [6, 6.07) is 9.17. The van der Waals surface area contributed by atoms with Crippen LogP contribution in [0.15, 0.2) is 39.9 Å². The van der Waals surface area contributed by atoms with Crippen LogP contribution in [0.25, 0.3) is 0 Å². The lowest BCUT2D eigenvalue weighted by atomic mass is 10.2. The van der Waals surface area contributed by atoms with Crippen LogP contribution in [-0.2, 0) is 20.9 Å². The molecule has 0 bridgehead atoms. The topological polar surface area (TPSA) is 143 Å². The van der Waals surface area contributed by atoms with Gasteiger partial charge in [0.15, 0.2) is 5.69 Å². The van der Waals surface area contributed by atoms with Gasteiger partial charge in [0, 0.05) is 26.8 Å². The van der Waals surface area contributed by atoms with Crippen molar-refractivity contribution in [3.8, 4) is 0 Å². The summed E-state index contributed by atoms with van der Waals surface area (Å²) in [6.45, 7) is 3.05. The molecule has 0 unspecified atom stereocenters. The minimum atomic E-state index is -0.749. The summed E-state index contributed by atoms with van der Waals surface area (Å²) in [4.78, 5) is 55.6. The second-order valence-corrected chi connectivity index (χ2v) is 7.98. The van der Waals surface area contributed by atoms with Crippen LogP contribution in [0, 0.1) is 0 Å². The quantitative estimate of drug-likeness (QED) is 0.347. The van der Waals surface area contributed by atoms with E-state index in [0.717, 1.165) is 12.0 Å². The average molecular weight is 475 g/mol. The van der Waals surface area contributed by atoms with E-state index in [-0.39, 0.29) is 43.6 Å². The summed E-state index contributed by atoms with van der Waals surface area (Å²) < 4.78 is 6.31. The number of benzene rings is 1. The van der Waals surface area contributed by atoms with E-state index >= 15 is 0 Å². The number of nitrogens with zero attached hydrogens (tertiary/aromatic N) is 3. The molecule has 1 heterocycles. The molecule has 1 aromatic heterocycles. The summed E-state index contributed by atoms with van der Waals surface area (Å²) in [5, 5.41) is 2.76. The van der Waals surface area contributed by atoms with E-state index in [9.17, 15) is 19.2 Å². The van der Waals surface area contributed by atoms with Gasteiger partial charge in [0.05, 0.1) is 19.6 Å². The normalized spacial score (nSPS) is 10.9. The van der Waals surface area contributed by atoms with E-state index in [0.29, 0.717) is 19.6 Å². The minimum absolute atomic E-state index is 0.0248. The highest BCUT2D eigenvalue weighted by atomic mass is 16.5. The molecule has 2 rings (SSSR count). The number of aromatic amines is 1. The van der Waals surface area contributed by atoms with Crippen molar-refractivity contribution >= 4 is 23.3 Å². The molecule has 0 aliphatic heterocycles. The molecule has 2 aromatic rings. The highest BCUT2D eigenvalue weighted by Crippen LogP contribution is 2.18. The Morgan fingerprint density at radius 1 is 1.18 bits per heavy atom. The van der Waals surface area contributed by atoms with Gasteiger partial charge in [-0.1, -0.05) is 37.3 Å². The van der Waals surface area contributed by atoms with Gasteiger partial charge in [-0.05, 0) is 25.5 Å². The number of H-pyrrole nitrogens is 1. The number of aromatic nitrogens is 2. The number of ether oxygens (including phenoxy) is 1. The van der Waals surface area contributed by atoms with Crippen molar-refractivity contribution in [1.29, 1.82) is 0 Å². The van der Waals surface area contributed by atoms with Crippen LogP contribution in [0.1, 0.15) is 25.3 Å². The molecule has 2 amide bonds. The maximum Gasteiger partial charge on any atom is 0.330 e. The van der Waals surface area contributed by atoms with Crippen LogP contribution in [-0.4, -0.2) is 73.2 Å². The molecule has 0 radical (unpaired) electrons. The van der Waals surface area contributed by atoms with E-state index in [1.54, 1.807) is 11.9 Å². The molecule has 1 aromatic carbocycles. The molecule has 0 saturated heterocycles. The maximum absolute atomic E-state index is 13.2. The Labute approximate surface area is 198 Å². The fourth-order valence-corrected chi connectivity index (χ4v) is 3.43. The number of hydrogen-bond acceptors (Lipinski definition) is 7. The van der Waals surface area contributed by atoms with Gasteiger partial charge in [-0.2, -0.15) is 0 Å². The van der Waals surface area contributed by atoms with Crippen molar-refractivity contribution in [2.75, 3.05) is 57.6 Å². The van der Waals surface area contributed by atoms with Gasteiger partial charge in [0.2, 0.25) is 11.8 Å². The monoisotopic (exact) mass is 474 g/mol. The van der Waals surface area contributed by atoms with Crippen molar-refractivity contribution in [3.05, 3.63) is 56.7 Å². The van der Waals surface area contributed by atoms with Gasteiger partial charge in [-0.25, -0.2) is 4.79 Å². The number of likely N-dealkylation sites (N-methyl/N-ethyl adjacent to an activating group) is 1. The Bertz CT molecular complexity index is 1070. The van der Waals surface area contributed by atoms with Crippen molar-refractivity contribution < 1.29 is 14.3 Å². The second-order valence-electron chi connectivity index (χ2n) is 7.98. The zero-order chi connectivity index (χ0) is 25.1. The van der Waals surface area contributed by atoms with Gasteiger partial charge in [-0.15, -0.1) is 0 Å². The van der Waals surface area contributed by atoms with E-state index < -0.39 is 17.2 Å². The van der Waals surface area contributed by atoms with Gasteiger partial charge in [-0.3, -0.25) is 28.8 Å². The minimum Gasteiger partial charge on any atom is -0.385 e. The Balaban J connectivity index is 2.34. The third kappa shape index (κ3) is 7.56. The predicted octanol–water partition coefficient (Wildman–Crippen LogP) is -0.00540. The van der Waals surface area contributed by atoms with Gasteiger partial charge >= 0.3 is 5.69 Å². The number of carbonyl (C=O) groups is 2. The first-order valence-corrected chi connectivity index (χ1v) is 11.2. The predicted molar refractivity (Wildman–Crippen MR) is 131 cm³/mol. The number of methoxy groups -OCH3 is 1. The third-order valence-corrected chi connectivity index (χ3v) is 5.09. The fourth-order valence-electron chi connectivity index (χ4n) is 3.43. The smallest absolute Gasteiger partial charge is 0.330 e. The lowest BCUT2D eigenvalue weighted by Gasteiger charge is -2.26. The van der Waals surface area contributed by atoms with E-state index in [2.05, 4.69) is 10.3 Å². The molecule has 0 fully saturated rings. The molecular formula is C23H34N6O5. The molecule has 11 nitrogen and oxygen atoms in total. The molecule has 0 atom stereocenters. The highest BCUT2D eigenvalue weighted by molar-refractivity contribution is 5.97. The van der Waals surface area contributed by atoms with Crippen molar-refractivity contribution in [2.24, 2.45) is 0 Å². The molecule has 186 valence electrons. The molecule has 11 heteroatoms. The van der Waals surface area contributed by atoms with Gasteiger partial charge in [0.1, 0.15) is 5.82 Å². The molecule has 0 aliphatic carbocycles. The number of nitrogens with two attached hydrogens (primary N) is 1. The number of nitrogens with one attached hydrogen (secondary N) is 2. The SMILES string of the molecule is CCCNC(=O)CN(C)CC(=O)N(CCCOC)c1c(N)n(Cc2ccccc2)c(=O)[nH]c1=O. The zero-order valence-electron chi connectivity index (χ0n) is 20.0. The lowest BCUT2D eigenvalue weighted by Crippen LogP contribution is -2.46. The standard InChI is InChI=1S/C23H34N6O5/c1-4-11-25-18(30)15-27(2)16-19(31)28(12-8-13-34-3)20-21(24)29(23(33)26-22(20)32)14-17-9-6-5-7-10-17/h5-7,9-10H,4,8,11-16,24H2,1-3H3,(H,25,30)(H,26,32,33).